The van der Waals surface area contributed by atoms with Crippen LogP contribution in [0.4, 0.5) is 13.2 Å². The van der Waals surface area contributed by atoms with Gasteiger partial charge in [0, 0.05) is 41.4 Å². The molecule has 5 nitrogen and oxygen atoms in total. The molecule has 1 saturated carbocycles. The zero-order valence-electron chi connectivity index (χ0n) is 17.2. The fourth-order valence-corrected chi connectivity index (χ4v) is 5.28. The molecular formula is C23H19Cl2F3N2O3. The number of amides is 3. The first kappa shape index (κ1) is 23.6. The maximum absolute atomic E-state index is 13.8. The summed E-state index contributed by atoms with van der Waals surface area (Å²) >= 11 is 12.7. The van der Waals surface area contributed by atoms with Crippen molar-refractivity contribution in [2.24, 2.45) is 0 Å². The number of rotatable bonds is 5. The van der Waals surface area contributed by atoms with E-state index < -0.39 is 47.7 Å². The van der Waals surface area contributed by atoms with E-state index in [1.54, 1.807) is 0 Å². The third kappa shape index (κ3) is 4.59. The Balaban J connectivity index is 1.51. The lowest BCUT2D eigenvalue weighted by atomic mass is 9.61. The standard InChI is InChI=1S/C23H19Cl2F3N2O3/c24-16-7-12(8-17(25)19(16)15-5-6-18(31)30-20(15)32)9-29-21(33)22(10-23(27,28)11-22)13-1-3-14(26)4-2-13/h1-4,7-8,15H,5-6,9-11H2,(H,29,33)(H,30,31,32). The minimum absolute atomic E-state index is 0.0393. The molecule has 33 heavy (non-hydrogen) atoms. The molecule has 2 aromatic carbocycles. The van der Waals surface area contributed by atoms with Crippen molar-refractivity contribution in [2.45, 2.75) is 49.5 Å². The van der Waals surface area contributed by atoms with Crippen LogP contribution in [0.5, 0.6) is 0 Å². The van der Waals surface area contributed by atoms with Gasteiger partial charge in [-0.25, -0.2) is 13.2 Å². The summed E-state index contributed by atoms with van der Waals surface area (Å²) in [5, 5.41) is 5.31. The molecule has 0 radical (unpaired) electrons. The van der Waals surface area contributed by atoms with Crippen LogP contribution in [0.2, 0.25) is 10.0 Å². The van der Waals surface area contributed by atoms with Gasteiger partial charge in [0.15, 0.2) is 0 Å². The lowest BCUT2D eigenvalue weighted by molar-refractivity contribution is -0.159. The summed E-state index contributed by atoms with van der Waals surface area (Å²) in [6, 6.07) is 8.01. The lowest BCUT2D eigenvalue weighted by Crippen LogP contribution is -2.58. The Bertz CT molecular complexity index is 1110. The van der Waals surface area contributed by atoms with E-state index >= 15 is 0 Å². The van der Waals surface area contributed by atoms with Crippen molar-refractivity contribution in [2.75, 3.05) is 0 Å². The second kappa shape index (κ2) is 8.65. The molecule has 174 valence electrons. The van der Waals surface area contributed by atoms with Crippen molar-refractivity contribution in [3.05, 3.63) is 69.0 Å². The minimum atomic E-state index is -2.98. The predicted molar refractivity (Wildman–Crippen MR) is 116 cm³/mol. The van der Waals surface area contributed by atoms with Gasteiger partial charge in [0.05, 0.1) is 11.3 Å². The summed E-state index contributed by atoms with van der Waals surface area (Å²) < 4.78 is 40.8. The summed E-state index contributed by atoms with van der Waals surface area (Å²) in [6.45, 7) is -0.0393. The molecule has 1 unspecified atom stereocenters. The van der Waals surface area contributed by atoms with Gasteiger partial charge in [-0.3, -0.25) is 19.7 Å². The van der Waals surface area contributed by atoms with Gasteiger partial charge in [-0.15, -0.1) is 0 Å². The molecule has 0 aromatic heterocycles. The van der Waals surface area contributed by atoms with Crippen LogP contribution in [-0.4, -0.2) is 23.6 Å². The van der Waals surface area contributed by atoms with Crippen LogP contribution in [0.1, 0.15) is 48.3 Å². The molecule has 1 aliphatic carbocycles. The lowest BCUT2D eigenvalue weighted by Gasteiger charge is -2.46. The van der Waals surface area contributed by atoms with E-state index in [0.29, 0.717) is 16.7 Å². The van der Waals surface area contributed by atoms with Crippen molar-refractivity contribution in [3.8, 4) is 0 Å². The number of alkyl halides is 2. The van der Waals surface area contributed by atoms with Gasteiger partial charge in [0.2, 0.25) is 17.7 Å². The Labute approximate surface area is 197 Å². The van der Waals surface area contributed by atoms with Gasteiger partial charge in [0.25, 0.3) is 5.92 Å². The van der Waals surface area contributed by atoms with Crippen LogP contribution in [0, 0.1) is 5.82 Å². The van der Waals surface area contributed by atoms with Crippen molar-refractivity contribution < 1.29 is 27.6 Å². The molecule has 2 aromatic rings. The molecule has 0 bridgehead atoms. The molecule has 4 rings (SSSR count). The van der Waals surface area contributed by atoms with Crippen LogP contribution < -0.4 is 10.6 Å². The van der Waals surface area contributed by atoms with Gasteiger partial charge in [0.1, 0.15) is 5.82 Å². The molecule has 2 aliphatic rings. The minimum Gasteiger partial charge on any atom is -0.351 e. The molecule has 1 aliphatic heterocycles. The fraction of sp³-hybridized carbons (Fsp3) is 0.348. The number of imide groups is 1. The van der Waals surface area contributed by atoms with Crippen LogP contribution in [0.3, 0.4) is 0 Å². The first-order valence-corrected chi connectivity index (χ1v) is 11.0. The summed E-state index contributed by atoms with van der Waals surface area (Å²) in [4.78, 5) is 36.5. The average molecular weight is 499 g/mol. The normalized spacial score (nSPS) is 21.2. The third-order valence-corrected chi connectivity index (χ3v) is 6.76. The third-order valence-electron chi connectivity index (χ3n) is 6.13. The summed E-state index contributed by atoms with van der Waals surface area (Å²) in [7, 11) is 0. The quantitative estimate of drug-likeness (QED) is 0.589. The number of benzene rings is 2. The second-order valence-corrected chi connectivity index (χ2v) is 9.27. The van der Waals surface area contributed by atoms with Gasteiger partial charge >= 0.3 is 0 Å². The highest BCUT2D eigenvalue weighted by atomic mass is 35.5. The number of nitrogens with one attached hydrogen (secondary N) is 2. The summed E-state index contributed by atoms with van der Waals surface area (Å²) in [5.41, 5.74) is -0.247. The van der Waals surface area contributed by atoms with Gasteiger partial charge < -0.3 is 5.32 Å². The van der Waals surface area contributed by atoms with Gasteiger partial charge in [-0.1, -0.05) is 35.3 Å². The molecule has 0 spiro atoms. The topological polar surface area (TPSA) is 75.3 Å². The van der Waals surface area contributed by atoms with E-state index in [2.05, 4.69) is 10.6 Å². The maximum atomic E-state index is 13.8. The highest BCUT2D eigenvalue weighted by Crippen LogP contribution is 2.53. The average Bonchev–Trinajstić information content (AvgIpc) is 2.71. The highest BCUT2D eigenvalue weighted by Gasteiger charge is 2.61. The Kier molecular flexibility index (Phi) is 6.18. The maximum Gasteiger partial charge on any atom is 0.250 e. The number of halogens is 5. The zero-order chi connectivity index (χ0) is 24.0. The molecule has 2 fully saturated rings. The van der Waals surface area contributed by atoms with Crippen molar-refractivity contribution in [3.63, 3.8) is 0 Å². The number of carbonyl (C=O) groups is 3. The molecule has 2 N–H and O–H groups in total. The van der Waals surface area contributed by atoms with Crippen molar-refractivity contribution in [1.82, 2.24) is 10.6 Å². The smallest absolute Gasteiger partial charge is 0.250 e. The van der Waals surface area contributed by atoms with Crippen LogP contribution in [-0.2, 0) is 26.3 Å². The number of hydrogen-bond acceptors (Lipinski definition) is 3. The van der Waals surface area contributed by atoms with E-state index in [1.807, 2.05) is 0 Å². The molecule has 1 atom stereocenters. The van der Waals surface area contributed by atoms with E-state index in [4.69, 9.17) is 23.2 Å². The number of carbonyl (C=O) groups excluding carboxylic acids is 3. The first-order valence-electron chi connectivity index (χ1n) is 10.2. The van der Waals surface area contributed by atoms with Crippen molar-refractivity contribution >= 4 is 40.9 Å². The highest BCUT2D eigenvalue weighted by molar-refractivity contribution is 6.36. The van der Waals surface area contributed by atoms with Crippen LogP contribution in [0.25, 0.3) is 0 Å². The monoisotopic (exact) mass is 498 g/mol. The fourth-order valence-electron chi connectivity index (χ4n) is 4.49. The largest absolute Gasteiger partial charge is 0.351 e. The SMILES string of the molecule is O=C1CCC(c2c(Cl)cc(CNC(=O)C3(c4ccc(F)cc4)CC(F)(F)C3)cc2Cl)C(=O)N1. The van der Waals surface area contributed by atoms with E-state index in [9.17, 15) is 27.6 Å². The van der Waals surface area contributed by atoms with Gasteiger partial charge in [-0.2, -0.15) is 0 Å². The Morgan fingerprint density at radius 2 is 1.70 bits per heavy atom. The summed E-state index contributed by atoms with van der Waals surface area (Å²) in [5.74, 6) is -5.64. The molecule has 10 heteroatoms. The van der Waals surface area contributed by atoms with Crippen molar-refractivity contribution in [1.29, 1.82) is 0 Å². The molecular weight excluding hydrogens is 480 g/mol. The Morgan fingerprint density at radius 1 is 1.09 bits per heavy atom. The Hall–Kier alpha value is -2.58. The van der Waals surface area contributed by atoms with E-state index in [0.717, 1.165) is 12.1 Å². The van der Waals surface area contributed by atoms with Gasteiger partial charge in [-0.05, 0) is 41.8 Å². The number of piperidine rings is 1. The first-order chi connectivity index (χ1) is 15.5. The molecule has 1 saturated heterocycles. The van der Waals surface area contributed by atoms with Crippen LogP contribution in [0.15, 0.2) is 36.4 Å². The summed E-state index contributed by atoms with van der Waals surface area (Å²) in [6.07, 6.45) is -0.910. The predicted octanol–water partition coefficient (Wildman–Crippen LogP) is 4.64. The van der Waals surface area contributed by atoms with E-state index in [1.165, 1.54) is 24.3 Å². The Morgan fingerprint density at radius 3 is 2.24 bits per heavy atom. The van der Waals surface area contributed by atoms with E-state index in [-0.39, 0.29) is 35.3 Å². The number of hydrogen-bond donors (Lipinski definition) is 2. The second-order valence-electron chi connectivity index (χ2n) is 8.46. The van der Waals surface area contributed by atoms with Crippen LogP contribution >= 0.6 is 23.2 Å². The molecule has 3 amide bonds. The molecule has 1 heterocycles. The zero-order valence-corrected chi connectivity index (χ0v) is 18.7.